The van der Waals surface area contributed by atoms with Gasteiger partial charge in [-0.1, -0.05) is 11.6 Å². The number of aromatic amines is 1. The topological polar surface area (TPSA) is 56.3 Å². The molecule has 2 aromatic rings. The maximum atomic E-state index is 12.4. The van der Waals surface area contributed by atoms with Gasteiger partial charge in [0.15, 0.2) is 0 Å². The van der Waals surface area contributed by atoms with Crippen molar-refractivity contribution in [1.82, 2.24) is 9.88 Å². The van der Waals surface area contributed by atoms with Crippen LogP contribution in [-0.4, -0.2) is 40.6 Å². The Morgan fingerprint density at radius 1 is 1.45 bits per heavy atom. The summed E-state index contributed by atoms with van der Waals surface area (Å²) in [6.07, 6.45) is 5.36. The Hall–Kier alpha value is -1.81. The van der Waals surface area contributed by atoms with Gasteiger partial charge in [-0.05, 0) is 49.8 Å². The molecule has 0 saturated carbocycles. The maximum Gasteiger partial charge on any atom is 0.222 e. The van der Waals surface area contributed by atoms with Gasteiger partial charge in [0, 0.05) is 43.2 Å². The molecular weight excluding hydrogens is 276 g/mol. The van der Waals surface area contributed by atoms with Gasteiger partial charge in [-0.15, -0.1) is 0 Å². The highest BCUT2D eigenvalue weighted by atomic mass is 16.3. The number of amides is 1. The third-order valence-corrected chi connectivity index (χ3v) is 4.66. The van der Waals surface area contributed by atoms with Crippen LogP contribution in [-0.2, 0) is 11.2 Å². The van der Waals surface area contributed by atoms with Crippen LogP contribution in [0.4, 0.5) is 0 Å². The van der Waals surface area contributed by atoms with Gasteiger partial charge < -0.3 is 15.0 Å². The molecule has 2 heterocycles. The summed E-state index contributed by atoms with van der Waals surface area (Å²) in [5.41, 5.74) is 3.58. The maximum absolute atomic E-state index is 12.4. The van der Waals surface area contributed by atoms with Crippen molar-refractivity contribution in [3.8, 4) is 0 Å². The summed E-state index contributed by atoms with van der Waals surface area (Å²) in [6.45, 7) is 3.82. The predicted molar refractivity (Wildman–Crippen MR) is 87.7 cm³/mol. The zero-order valence-electron chi connectivity index (χ0n) is 13.1. The minimum atomic E-state index is 0.186. The Kier molecular flexibility index (Phi) is 4.48. The predicted octanol–water partition coefficient (Wildman–Crippen LogP) is 2.64. The molecule has 1 unspecified atom stereocenters. The smallest absolute Gasteiger partial charge is 0.222 e. The molecular formula is C18H24N2O2. The van der Waals surface area contributed by atoms with E-state index in [-0.39, 0.29) is 18.4 Å². The molecule has 1 aliphatic rings. The lowest BCUT2D eigenvalue weighted by atomic mass is 9.98. The van der Waals surface area contributed by atoms with Crippen molar-refractivity contribution in [3.05, 3.63) is 35.5 Å². The molecule has 4 heteroatoms. The summed E-state index contributed by atoms with van der Waals surface area (Å²) in [6, 6.07) is 6.36. The van der Waals surface area contributed by atoms with Gasteiger partial charge in [-0.25, -0.2) is 0 Å². The van der Waals surface area contributed by atoms with Gasteiger partial charge >= 0.3 is 0 Å². The molecule has 1 amide bonds. The van der Waals surface area contributed by atoms with Gasteiger partial charge in [-0.3, -0.25) is 4.79 Å². The number of carbonyl (C=O) groups is 1. The first-order valence-corrected chi connectivity index (χ1v) is 8.12. The molecule has 1 aromatic carbocycles. The second-order valence-electron chi connectivity index (χ2n) is 6.39. The van der Waals surface area contributed by atoms with E-state index in [1.54, 1.807) is 0 Å². The molecule has 1 atom stereocenters. The SMILES string of the molecule is Cc1ccc2[nH]cc(CCC(=O)N3CCCC(CO)C3)c2c1. The first-order valence-electron chi connectivity index (χ1n) is 8.12. The van der Waals surface area contributed by atoms with Crippen LogP contribution in [0.1, 0.15) is 30.4 Å². The minimum absolute atomic E-state index is 0.186. The number of carbonyl (C=O) groups excluding carboxylic acids is 1. The zero-order valence-corrected chi connectivity index (χ0v) is 13.1. The van der Waals surface area contributed by atoms with E-state index in [1.807, 2.05) is 11.1 Å². The second-order valence-corrected chi connectivity index (χ2v) is 6.39. The Bertz CT molecular complexity index is 662. The number of aliphatic hydroxyl groups is 1. The van der Waals surface area contributed by atoms with Gasteiger partial charge in [-0.2, -0.15) is 0 Å². The first kappa shape index (κ1) is 15.1. The van der Waals surface area contributed by atoms with E-state index in [0.717, 1.165) is 31.3 Å². The quantitative estimate of drug-likeness (QED) is 0.912. The normalized spacial score (nSPS) is 18.8. The highest BCUT2D eigenvalue weighted by molar-refractivity contribution is 5.85. The number of nitrogens with zero attached hydrogens (tertiary/aromatic N) is 1. The van der Waals surface area contributed by atoms with Gasteiger partial charge in [0.2, 0.25) is 5.91 Å². The van der Waals surface area contributed by atoms with E-state index >= 15 is 0 Å². The lowest BCUT2D eigenvalue weighted by Gasteiger charge is -2.32. The molecule has 1 saturated heterocycles. The molecule has 118 valence electrons. The van der Waals surface area contributed by atoms with E-state index in [4.69, 9.17) is 0 Å². The first-order chi connectivity index (χ1) is 10.7. The summed E-state index contributed by atoms with van der Waals surface area (Å²) < 4.78 is 0. The molecule has 1 fully saturated rings. The number of H-pyrrole nitrogens is 1. The molecule has 1 aromatic heterocycles. The Balaban J connectivity index is 1.63. The lowest BCUT2D eigenvalue weighted by Crippen LogP contribution is -2.41. The molecule has 0 aliphatic carbocycles. The number of piperidine rings is 1. The zero-order chi connectivity index (χ0) is 15.5. The largest absolute Gasteiger partial charge is 0.396 e. The Morgan fingerprint density at radius 2 is 2.32 bits per heavy atom. The minimum Gasteiger partial charge on any atom is -0.396 e. The number of aliphatic hydroxyl groups excluding tert-OH is 1. The molecule has 3 rings (SSSR count). The van der Waals surface area contributed by atoms with Crippen molar-refractivity contribution in [2.24, 2.45) is 5.92 Å². The number of hydrogen-bond acceptors (Lipinski definition) is 2. The van der Waals surface area contributed by atoms with E-state index in [1.165, 1.54) is 16.5 Å². The second kappa shape index (κ2) is 6.53. The summed E-state index contributed by atoms with van der Waals surface area (Å²) in [7, 11) is 0. The highest BCUT2D eigenvalue weighted by Crippen LogP contribution is 2.22. The molecule has 22 heavy (non-hydrogen) atoms. The van der Waals surface area contributed by atoms with Crippen LogP contribution in [0.2, 0.25) is 0 Å². The summed E-state index contributed by atoms with van der Waals surface area (Å²) >= 11 is 0. The molecule has 0 bridgehead atoms. The number of aryl methyl sites for hydroxylation is 2. The summed E-state index contributed by atoms with van der Waals surface area (Å²) in [4.78, 5) is 17.6. The van der Waals surface area contributed by atoms with E-state index in [0.29, 0.717) is 13.0 Å². The number of aromatic nitrogens is 1. The highest BCUT2D eigenvalue weighted by Gasteiger charge is 2.22. The van der Waals surface area contributed by atoms with Crippen molar-refractivity contribution >= 4 is 16.8 Å². The molecule has 0 spiro atoms. The van der Waals surface area contributed by atoms with Crippen LogP contribution in [0.3, 0.4) is 0 Å². The van der Waals surface area contributed by atoms with Crippen LogP contribution in [0.25, 0.3) is 10.9 Å². The van der Waals surface area contributed by atoms with E-state index in [9.17, 15) is 9.90 Å². The fraction of sp³-hybridized carbons (Fsp3) is 0.500. The summed E-state index contributed by atoms with van der Waals surface area (Å²) in [5.74, 6) is 0.466. The van der Waals surface area contributed by atoms with Crippen molar-refractivity contribution < 1.29 is 9.90 Å². The molecule has 4 nitrogen and oxygen atoms in total. The summed E-state index contributed by atoms with van der Waals surface area (Å²) in [5, 5.41) is 10.5. The monoisotopic (exact) mass is 300 g/mol. The molecule has 0 radical (unpaired) electrons. The average Bonchev–Trinajstić information content (AvgIpc) is 2.94. The van der Waals surface area contributed by atoms with Gasteiger partial charge in [0.05, 0.1) is 0 Å². The number of fused-ring (bicyclic) bond motifs is 1. The molecule has 1 aliphatic heterocycles. The fourth-order valence-corrected chi connectivity index (χ4v) is 3.34. The average molecular weight is 300 g/mol. The number of rotatable bonds is 4. The number of benzene rings is 1. The van der Waals surface area contributed by atoms with Crippen LogP contribution < -0.4 is 0 Å². The third kappa shape index (κ3) is 3.17. The van der Waals surface area contributed by atoms with Crippen molar-refractivity contribution in [3.63, 3.8) is 0 Å². The number of nitrogens with one attached hydrogen (secondary N) is 1. The van der Waals surface area contributed by atoms with E-state index in [2.05, 4.69) is 30.1 Å². The van der Waals surface area contributed by atoms with Crippen LogP contribution in [0.5, 0.6) is 0 Å². The van der Waals surface area contributed by atoms with Crippen LogP contribution in [0.15, 0.2) is 24.4 Å². The van der Waals surface area contributed by atoms with Crippen molar-refractivity contribution in [2.75, 3.05) is 19.7 Å². The van der Waals surface area contributed by atoms with Crippen molar-refractivity contribution in [2.45, 2.75) is 32.6 Å². The van der Waals surface area contributed by atoms with Crippen LogP contribution >= 0.6 is 0 Å². The number of hydrogen-bond donors (Lipinski definition) is 2. The Morgan fingerprint density at radius 3 is 3.14 bits per heavy atom. The van der Waals surface area contributed by atoms with Crippen LogP contribution in [0, 0.1) is 12.8 Å². The standard InChI is InChI=1S/C18H24N2O2/c1-13-4-6-17-16(9-13)15(10-19-17)5-7-18(22)20-8-2-3-14(11-20)12-21/h4,6,9-10,14,19,21H,2-3,5,7-8,11-12H2,1H3. The van der Waals surface area contributed by atoms with Crippen molar-refractivity contribution in [1.29, 1.82) is 0 Å². The lowest BCUT2D eigenvalue weighted by molar-refractivity contribution is -0.133. The Labute approximate surface area is 131 Å². The van der Waals surface area contributed by atoms with Gasteiger partial charge in [0.25, 0.3) is 0 Å². The van der Waals surface area contributed by atoms with E-state index < -0.39 is 0 Å². The van der Waals surface area contributed by atoms with Gasteiger partial charge in [0.1, 0.15) is 0 Å². The third-order valence-electron chi connectivity index (χ3n) is 4.66. The number of likely N-dealkylation sites (tertiary alicyclic amines) is 1. The fourth-order valence-electron chi connectivity index (χ4n) is 3.34. The molecule has 2 N–H and O–H groups in total.